The Labute approximate surface area is 140 Å². The molecule has 1 fully saturated rings. The summed E-state index contributed by atoms with van der Waals surface area (Å²) in [6.45, 7) is 2.85. The Morgan fingerprint density at radius 1 is 1.12 bits per heavy atom. The highest BCUT2D eigenvalue weighted by Crippen LogP contribution is 2.18. The molecule has 0 unspecified atom stereocenters. The van der Waals surface area contributed by atoms with E-state index < -0.39 is 11.9 Å². The second-order valence-electron chi connectivity index (χ2n) is 5.87. The molecule has 6 heteroatoms. The number of rotatable bonds is 4. The van der Waals surface area contributed by atoms with Gasteiger partial charge >= 0.3 is 0 Å². The SMILES string of the molecule is O=C(c1ccncc1)N1CCN(C[C@H](O)c2ccccc2F)CC1. The fraction of sp³-hybridized carbons (Fsp3) is 0.333. The van der Waals surface area contributed by atoms with Crippen LogP contribution in [-0.4, -0.2) is 58.5 Å². The van der Waals surface area contributed by atoms with Crippen LogP contribution in [0.1, 0.15) is 22.0 Å². The first-order valence-corrected chi connectivity index (χ1v) is 7.99. The Morgan fingerprint density at radius 3 is 2.46 bits per heavy atom. The van der Waals surface area contributed by atoms with E-state index in [9.17, 15) is 14.3 Å². The fourth-order valence-electron chi connectivity index (χ4n) is 2.90. The van der Waals surface area contributed by atoms with Crippen LogP contribution in [0.5, 0.6) is 0 Å². The highest BCUT2D eigenvalue weighted by atomic mass is 19.1. The Kier molecular flexibility index (Phi) is 5.17. The average Bonchev–Trinajstić information content (AvgIpc) is 2.63. The number of amides is 1. The topological polar surface area (TPSA) is 56.7 Å². The zero-order valence-corrected chi connectivity index (χ0v) is 13.3. The minimum atomic E-state index is -0.867. The molecule has 0 saturated carbocycles. The quantitative estimate of drug-likeness (QED) is 0.928. The van der Waals surface area contributed by atoms with E-state index in [-0.39, 0.29) is 5.91 Å². The number of benzene rings is 1. The number of aliphatic hydroxyl groups excluding tert-OH is 1. The Morgan fingerprint density at radius 2 is 1.79 bits per heavy atom. The summed E-state index contributed by atoms with van der Waals surface area (Å²) in [4.78, 5) is 20.1. The van der Waals surface area contributed by atoms with Gasteiger partial charge in [0.15, 0.2) is 0 Å². The first-order valence-electron chi connectivity index (χ1n) is 7.99. The molecular formula is C18H20FN3O2. The van der Waals surface area contributed by atoms with Crippen LogP contribution in [0.2, 0.25) is 0 Å². The van der Waals surface area contributed by atoms with E-state index in [1.165, 1.54) is 6.07 Å². The largest absolute Gasteiger partial charge is 0.387 e. The van der Waals surface area contributed by atoms with Crippen LogP contribution < -0.4 is 0 Å². The van der Waals surface area contributed by atoms with Gasteiger partial charge in [0.1, 0.15) is 5.82 Å². The van der Waals surface area contributed by atoms with Crippen LogP contribution in [0.25, 0.3) is 0 Å². The Balaban J connectivity index is 1.54. The van der Waals surface area contributed by atoms with Gasteiger partial charge in [-0.2, -0.15) is 0 Å². The van der Waals surface area contributed by atoms with E-state index in [0.29, 0.717) is 43.9 Å². The molecule has 1 aliphatic rings. The number of pyridine rings is 1. The molecule has 0 radical (unpaired) electrons. The number of piperazine rings is 1. The fourth-order valence-corrected chi connectivity index (χ4v) is 2.90. The van der Waals surface area contributed by atoms with Gasteiger partial charge in [0, 0.05) is 56.2 Å². The number of carbonyl (C=O) groups is 1. The minimum absolute atomic E-state index is 0.00768. The van der Waals surface area contributed by atoms with Gasteiger partial charge < -0.3 is 10.0 Å². The maximum absolute atomic E-state index is 13.7. The molecule has 0 bridgehead atoms. The molecule has 1 aliphatic heterocycles. The summed E-state index contributed by atoms with van der Waals surface area (Å²) < 4.78 is 13.7. The number of β-amino-alcohol motifs (C(OH)–C–C–N with tert-alkyl or cyclic N) is 1. The van der Waals surface area contributed by atoms with Crippen LogP contribution in [-0.2, 0) is 0 Å². The lowest BCUT2D eigenvalue weighted by Crippen LogP contribution is -2.49. The lowest BCUT2D eigenvalue weighted by atomic mass is 10.1. The summed E-state index contributed by atoms with van der Waals surface area (Å²) in [5, 5.41) is 10.2. The monoisotopic (exact) mass is 329 g/mol. The highest BCUT2D eigenvalue weighted by Gasteiger charge is 2.24. The van der Waals surface area contributed by atoms with Gasteiger partial charge in [0.05, 0.1) is 6.10 Å². The summed E-state index contributed by atoms with van der Waals surface area (Å²) in [5.41, 5.74) is 0.942. The molecule has 2 heterocycles. The molecule has 5 nitrogen and oxygen atoms in total. The standard InChI is InChI=1S/C18H20FN3O2/c19-16-4-2-1-3-15(16)17(23)13-21-9-11-22(12-10-21)18(24)14-5-7-20-8-6-14/h1-8,17,23H,9-13H2/t17-/m0/s1. The van der Waals surface area contributed by atoms with Gasteiger partial charge in [0.2, 0.25) is 0 Å². The summed E-state index contributed by atoms with van der Waals surface area (Å²) >= 11 is 0. The van der Waals surface area contributed by atoms with Crippen molar-refractivity contribution in [1.82, 2.24) is 14.8 Å². The van der Waals surface area contributed by atoms with Crippen molar-refractivity contribution in [2.24, 2.45) is 0 Å². The molecular weight excluding hydrogens is 309 g/mol. The third-order valence-corrected chi connectivity index (χ3v) is 4.28. The van der Waals surface area contributed by atoms with E-state index >= 15 is 0 Å². The number of hydrogen-bond acceptors (Lipinski definition) is 4. The van der Waals surface area contributed by atoms with Crippen LogP contribution >= 0.6 is 0 Å². The van der Waals surface area contributed by atoms with Gasteiger partial charge in [0.25, 0.3) is 5.91 Å². The minimum Gasteiger partial charge on any atom is -0.387 e. The molecule has 1 aromatic heterocycles. The van der Waals surface area contributed by atoms with E-state index in [1.54, 1.807) is 47.6 Å². The zero-order valence-electron chi connectivity index (χ0n) is 13.3. The second kappa shape index (κ2) is 7.51. The van der Waals surface area contributed by atoms with Crippen molar-refractivity contribution >= 4 is 5.91 Å². The number of aliphatic hydroxyl groups is 1. The van der Waals surface area contributed by atoms with Gasteiger partial charge in [-0.3, -0.25) is 14.7 Å². The molecule has 2 aromatic rings. The average molecular weight is 329 g/mol. The number of carbonyl (C=O) groups excluding carboxylic acids is 1. The Bertz CT molecular complexity index is 688. The normalized spacial score (nSPS) is 16.8. The van der Waals surface area contributed by atoms with E-state index in [4.69, 9.17) is 0 Å². The predicted octanol–water partition coefficient (Wildman–Crippen LogP) is 1.71. The van der Waals surface area contributed by atoms with Crippen LogP contribution in [0, 0.1) is 5.82 Å². The maximum atomic E-state index is 13.7. The second-order valence-corrected chi connectivity index (χ2v) is 5.87. The first kappa shape index (κ1) is 16.5. The van der Waals surface area contributed by atoms with Crippen LogP contribution in [0.4, 0.5) is 4.39 Å². The highest BCUT2D eigenvalue weighted by molar-refractivity contribution is 5.94. The lowest BCUT2D eigenvalue weighted by Gasteiger charge is -2.35. The number of halogens is 1. The molecule has 1 amide bonds. The Hall–Kier alpha value is -2.31. The molecule has 1 atom stereocenters. The molecule has 126 valence electrons. The van der Waals surface area contributed by atoms with E-state index in [2.05, 4.69) is 4.98 Å². The van der Waals surface area contributed by atoms with Crippen LogP contribution in [0.3, 0.4) is 0 Å². The molecule has 3 rings (SSSR count). The third-order valence-electron chi connectivity index (χ3n) is 4.28. The number of aromatic nitrogens is 1. The molecule has 0 spiro atoms. The number of hydrogen-bond donors (Lipinski definition) is 1. The van der Waals surface area contributed by atoms with Crippen molar-refractivity contribution in [3.8, 4) is 0 Å². The molecule has 0 aliphatic carbocycles. The number of nitrogens with zero attached hydrogens (tertiary/aromatic N) is 3. The third kappa shape index (κ3) is 3.77. The lowest BCUT2D eigenvalue weighted by molar-refractivity contribution is 0.0522. The van der Waals surface area contributed by atoms with Crippen LogP contribution in [0.15, 0.2) is 48.8 Å². The smallest absolute Gasteiger partial charge is 0.254 e. The van der Waals surface area contributed by atoms with Gasteiger partial charge in [-0.25, -0.2) is 4.39 Å². The van der Waals surface area contributed by atoms with E-state index in [0.717, 1.165) is 0 Å². The summed E-state index contributed by atoms with van der Waals surface area (Å²) in [5.74, 6) is -0.400. The van der Waals surface area contributed by atoms with Crippen molar-refractivity contribution < 1.29 is 14.3 Å². The van der Waals surface area contributed by atoms with Crippen molar-refractivity contribution in [3.05, 3.63) is 65.7 Å². The zero-order chi connectivity index (χ0) is 16.9. The molecule has 1 saturated heterocycles. The van der Waals surface area contributed by atoms with Crippen molar-refractivity contribution in [1.29, 1.82) is 0 Å². The molecule has 24 heavy (non-hydrogen) atoms. The summed E-state index contributed by atoms with van der Waals surface area (Å²) in [7, 11) is 0. The summed E-state index contributed by atoms with van der Waals surface area (Å²) in [6.07, 6.45) is 2.34. The van der Waals surface area contributed by atoms with Gasteiger partial charge in [-0.1, -0.05) is 18.2 Å². The van der Waals surface area contributed by atoms with Crippen molar-refractivity contribution in [3.63, 3.8) is 0 Å². The maximum Gasteiger partial charge on any atom is 0.254 e. The van der Waals surface area contributed by atoms with Crippen molar-refractivity contribution in [2.45, 2.75) is 6.10 Å². The first-order chi connectivity index (χ1) is 11.6. The molecule has 1 N–H and O–H groups in total. The summed E-state index contributed by atoms with van der Waals surface area (Å²) in [6, 6.07) is 9.68. The van der Waals surface area contributed by atoms with Crippen molar-refractivity contribution in [2.75, 3.05) is 32.7 Å². The van der Waals surface area contributed by atoms with Gasteiger partial charge in [-0.15, -0.1) is 0 Å². The van der Waals surface area contributed by atoms with Gasteiger partial charge in [-0.05, 0) is 18.2 Å². The van der Waals surface area contributed by atoms with E-state index in [1.807, 2.05) is 4.90 Å². The predicted molar refractivity (Wildman–Crippen MR) is 87.9 cm³/mol. The molecule has 1 aromatic carbocycles.